The van der Waals surface area contributed by atoms with Crippen LogP contribution in [0.5, 0.6) is 0 Å². The summed E-state index contributed by atoms with van der Waals surface area (Å²) in [7, 11) is 2.28. The second kappa shape index (κ2) is 4.82. The molecule has 18 heavy (non-hydrogen) atoms. The molecule has 98 valence electrons. The van der Waals surface area contributed by atoms with E-state index in [9.17, 15) is 0 Å². The van der Waals surface area contributed by atoms with E-state index < -0.39 is 0 Å². The van der Waals surface area contributed by atoms with Gasteiger partial charge in [-0.15, -0.1) is 0 Å². The van der Waals surface area contributed by atoms with Gasteiger partial charge >= 0.3 is 0 Å². The van der Waals surface area contributed by atoms with E-state index >= 15 is 0 Å². The maximum atomic E-state index is 4.61. The summed E-state index contributed by atoms with van der Waals surface area (Å²) in [5, 5.41) is 0. The third-order valence-electron chi connectivity index (χ3n) is 4.41. The fourth-order valence-electron chi connectivity index (χ4n) is 3.26. The lowest BCUT2D eigenvalue weighted by atomic mass is 10.1. The van der Waals surface area contributed by atoms with Crippen LogP contribution in [0.2, 0.25) is 0 Å². The summed E-state index contributed by atoms with van der Waals surface area (Å²) in [6.07, 6.45) is 5.93. The van der Waals surface area contributed by atoms with Crippen LogP contribution in [-0.4, -0.2) is 42.1 Å². The molecule has 2 saturated heterocycles. The molecule has 0 radical (unpaired) electrons. The molecule has 0 spiro atoms. The molecule has 2 aliphatic rings. The maximum Gasteiger partial charge on any atom is 0.142 e. The first-order valence-corrected chi connectivity index (χ1v) is 7.53. The van der Waals surface area contributed by atoms with Crippen molar-refractivity contribution in [2.45, 2.75) is 38.3 Å². The summed E-state index contributed by atoms with van der Waals surface area (Å²) >= 11 is 3.66. The second-order valence-electron chi connectivity index (χ2n) is 5.60. The average Bonchev–Trinajstić information content (AvgIpc) is 2.55. The standard InChI is InChI=1S/C14H20BrN3/c1-10-7-13(15)14(16-8-10)18-6-5-11-3-4-12(9-18)17(11)2/h7-8,11-12H,3-6,9H2,1-2H3. The van der Waals surface area contributed by atoms with Gasteiger partial charge in [0.2, 0.25) is 0 Å². The number of halogens is 1. The van der Waals surface area contributed by atoms with E-state index in [4.69, 9.17) is 0 Å². The van der Waals surface area contributed by atoms with Gasteiger partial charge in [-0.3, -0.25) is 4.90 Å². The van der Waals surface area contributed by atoms with Gasteiger partial charge in [-0.05, 0) is 60.8 Å². The molecule has 2 fully saturated rings. The highest BCUT2D eigenvalue weighted by atomic mass is 79.9. The van der Waals surface area contributed by atoms with Crippen LogP contribution in [-0.2, 0) is 0 Å². The van der Waals surface area contributed by atoms with Crippen LogP contribution >= 0.6 is 15.9 Å². The van der Waals surface area contributed by atoms with E-state index in [1.807, 2.05) is 6.20 Å². The lowest BCUT2D eigenvalue weighted by Crippen LogP contribution is -2.37. The Labute approximate surface area is 117 Å². The quantitative estimate of drug-likeness (QED) is 0.795. The number of fused-ring (bicyclic) bond motifs is 2. The van der Waals surface area contributed by atoms with Crippen molar-refractivity contribution in [2.24, 2.45) is 0 Å². The maximum absolute atomic E-state index is 4.61. The molecule has 4 heteroatoms. The van der Waals surface area contributed by atoms with E-state index in [1.54, 1.807) is 0 Å². The normalized spacial score (nSPS) is 28.5. The summed E-state index contributed by atoms with van der Waals surface area (Å²) < 4.78 is 1.13. The average molecular weight is 310 g/mol. The van der Waals surface area contributed by atoms with Crippen molar-refractivity contribution in [2.75, 3.05) is 25.0 Å². The first kappa shape index (κ1) is 12.4. The van der Waals surface area contributed by atoms with Crippen LogP contribution in [0, 0.1) is 6.92 Å². The van der Waals surface area contributed by atoms with Gasteiger partial charge < -0.3 is 4.90 Å². The second-order valence-corrected chi connectivity index (χ2v) is 6.46. The SMILES string of the molecule is Cc1cnc(N2CCC3CCC(C2)N3C)c(Br)c1. The van der Waals surface area contributed by atoms with Gasteiger partial charge in [0.1, 0.15) is 5.82 Å². The first-order valence-electron chi connectivity index (χ1n) is 6.74. The zero-order valence-corrected chi connectivity index (χ0v) is 12.7. The molecular formula is C14H20BrN3. The summed E-state index contributed by atoms with van der Waals surface area (Å²) in [4.78, 5) is 9.63. The van der Waals surface area contributed by atoms with Gasteiger partial charge in [0.15, 0.2) is 0 Å². The number of hydrogen-bond acceptors (Lipinski definition) is 3. The molecule has 0 amide bonds. The molecular weight excluding hydrogens is 290 g/mol. The number of aryl methyl sites for hydroxylation is 1. The van der Waals surface area contributed by atoms with Gasteiger partial charge in [0.05, 0.1) is 4.47 Å². The predicted octanol–water partition coefficient (Wildman–Crippen LogP) is 2.83. The van der Waals surface area contributed by atoms with Crippen molar-refractivity contribution in [1.29, 1.82) is 0 Å². The van der Waals surface area contributed by atoms with E-state index in [0.717, 1.165) is 29.4 Å². The van der Waals surface area contributed by atoms with Crippen LogP contribution in [0.25, 0.3) is 0 Å². The lowest BCUT2D eigenvalue weighted by molar-refractivity contribution is 0.254. The number of nitrogens with zero attached hydrogens (tertiary/aromatic N) is 3. The molecule has 3 heterocycles. The Balaban J connectivity index is 1.84. The highest BCUT2D eigenvalue weighted by Gasteiger charge is 2.35. The third-order valence-corrected chi connectivity index (χ3v) is 4.99. The zero-order valence-electron chi connectivity index (χ0n) is 11.1. The molecule has 2 bridgehead atoms. The number of anilines is 1. The van der Waals surface area contributed by atoms with Crippen molar-refractivity contribution in [1.82, 2.24) is 9.88 Å². The van der Waals surface area contributed by atoms with E-state index in [-0.39, 0.29) is 0 Å². The van der Waals surface area contributed by atoms with Gasteiger partial charge in [0.25, 0.3) is 0 Å². The molecule has 1 aromatic rings. The Bertz CT molecular complexity index is 449. The first-order chi connectivity index (χ1) is 8.65. The van der Waals surface area contributed by atoms with Crippen LogP contribution in [0.1, 0.15) is 24.8 Å². The Morgan fingerprint density at radius 3 is 2.83 bits per heavy atom. The molecule has 2 atom stereocenters. The van der Waals surface area contributed by atoms with E-state index in [1.165, 1.54) is 24.8 Å². The predicted molar refractivity (Wildman–Crippen MR) is 78.1 cm³/mol. The molecule has 0 aromatic carbocycles. The number of rotatable bonds is 1. The van der Waals surface area contributed by atoms with Crippen LogP contribution in [0.3, 0.4) is 0 Å². The van der Waals surface area contributed by atoms with Crippen molar-refractivity contribution in [3.05, 3.63) is 22.3 Å². The number of aromatic nitrogens is 1. The largest absolute Gasteiger partial charge is 0.354 e. The van der Waals surface area contributed by atoms with Crippen LogP contribution in [0.4, 0.5) is 5.82 Å². The Hall–Kier alpha value is -0.610. The van der Waals surface area contributed by atoms with Gasteiger partial charge in [0, 0.05) is 31.4 Å². The van der Waals surface area contributed by atoms with Crippen molar-refractivity contribution < 1.29 is 0 Å². The minimum absolute atomic E-state index is 0.701. The fourth-order valence-corrected chi connectivity index (χ4v) is 3.97. The lowest BCUT2D eigenvalue weighted by Gasteiger charge is -2.27. The summed E-state index contributed by atoms with van der Waals surface area (Å²) in [6.45, 7) is 4.32. The Kier molecular flexibility index (Phi) is 3.32. The third kappa shape index (κ3) is 2.16. The van der Waals surface area contributed by atoms with E-state index in [2.05, 4.69) is 50.8 Å². The molecule has 2 aliphatic heterocycles. The van der Waals surface area contributed by atoms with Crippen molar-refractivity contribution in [3.63, 3.8) is 0 Å². The zero-order chi connectivity index (χ0) is 12.7. The van der Waals surface area contributed by atoms with Gasteiger partial charge in [-0.2, -0.15) is 0 Å². The molecule has 3 rings (SSSR count). The monoisotopic (exact) mass is 309 g/mol. The minimum atomic E-state index is 0.701. The molecule has 0 saturated carbocycles. The highest BCUT2D eigenvalue weighted by Crippen LogP contribution is 2.32. The van der Waals surface area contributed by atoms with E-state index in [0.29, 0.717) is 6.04 Å². The molecule has 0 aliphatic carbocycles. The fraction of sp³-hybridized carbons (Fsp3) is 0.643. The smallest absolute Gasteiger partial charge is 0.142 e. The number of likely N-dealkylation sites (N-methyl/N-ethyl adjacent to an activating group) is 1. The van der Waals surface area contributed by atoms with Crippen LogP contribution in [0.15, 0.2) is 16.7 Å². The molecule has 0 N–H and O–H groups in total. The summed E-state index contributed by atoms with van der Waals surface area (Å²) in [5.74, 6) is 1.11. The van der Waals surface area contributed by atoms with Crippen molar-refractivity contribution >= 4 is 21.7 Å². The summed E-state index contributed by atoms with van der Waals surface area (Å²) in [6, 6.07) is 3.64. The minimum Gasteiger partial charge on any atom is -0.354 e. The number of hydrogen-bond donors (Lipinski definition) is 0. The topological polar surface area (TPSA) is 19.4 Å². The number of pyridine rings is 1. The Morgan fingerprint density at radius 2 is 2.06 bits per heavy atom. The van der Waals surface area contributed by atoms with Crippen LogP contribution < -0.4 is 4.90 Å². The highest BCUT2D eigenvalue weighted by molar-refractivity contribution is 9.10. The molecule has 2 unspecified atom stereocenters. The Morgan fingerprint density at radius 1 is 1.28 bits per heavy atom. The summed E-state index contributed by atoms with van der Waals surface area (Å²) in [5.41, 5.74) is 1.21. The molecule has 3 nitrogen and oxygen atoms in total. The van der Waals surface area contributed by atoms with Gasteiger partial charge in [-0.25, -0.2) is 4.98 Å². The van der Waals surface area contributed by atoms with Crippen molar-refractivity contribution in [3.8, 4) is 0 Å². The van der Waals surface area contributed by atoms with Gasteiger partial charge in [-0.1, -0.05) is 0 Å². The molecule has 1 aromatic heterocycles.